The van der Waals surface area contributed by atoms with Crippen LogP contribution in [0.25, 0.3) is 44.7 Å². The van der Waals surface area contributed by atoms with Crippen molar-refractivity contribution in [2.45, 2.75) is 27.0 Å². The molecule has 0 spiro atoms. The summed E-state index contributed by atoms with van der Waals surface area (Å²) in [5.74, 6) is 0.675. The Morgan fingerprint density at radius 3 is 2.55 bits per heavy atom. The van der Waals surface area contributed by atoms with Gasteiger partial charge in [-0.15, -0.1) is 0 Å². The van der Waals surface area contributed by atoms with Crippen LogP contribution in [0.2, 0.25) is 0 Å². The van der Waals surface area contributed by atoms with Gasteiger partial charge >= 0.3 is 0 Å². The van der Waals surface area contributed by atoms with E-state index in [-0.39, 0.29) is 5.41 Å². The maximum absolute atomic E-state index is 10.5. The van der Waals surface area contributed by atoms with Gasteiger partial charge in [0, 0.05) is 48.7 Å². The minimum atomic E-state index is -0.714. The highest BCUT2D eigenvalue weighted by atomic mass is 16.3. The molecule has 0 aromatic carbocycles. The summed E-state index contributed by atoms with van der Waals surface area (Å²) in [6.07, 6.45) is 8.22. The Hall–Kier alpha value is -4.09. The van der Waals surface area contributed by atoms with E-state index in [1.54, 1.807) is 18.6 Å². The van der Waals surface area contributed by atoms with Gasteiger partial charge in [-0.25, -0.2) is 4.98 Å². The topological polar surface area (TPSA) is 135 Å². The Morgan fingerprint density at radius 1 is 0.974 bits per heavy atom. The average Bonchev–Trinajstić information content (AvgIpc) is 3.52. The number of aromatic amines is 2. The number of hydrogen-bond acceptors (Lipinski definition) is 9. The lowest BCUT2D eigenvalue weighted by Gasteiger charge is -2.33. The fourth-order valence-corrected chi connectivity index (χ4v) is 4.60. The minimum Gasteiger partial charge on any atom is -0.373 e. The van der Waals surface area contributed by atoms with Crippen LogP contribution >= 0.6 is 0 Å². The molecule has 1 saturated heterocycles. The molecule has 1 atom stereocenters. The van der Waals surface area contributed by atoms with Crippen LogP contribution in [0.3, 0.4) is 0 Å². The lowest BCUT2D eigenvalue weighted by atomic mass is 9.94. The predicted octanol–water partition coefficient (Wildman–Crippen LogP) is 3.49. The van der Waals surface area contributed by atoms with Crippen molar-refractivity contribution in [2.24, 2.45) is 5.41 Å². The molecule has 11 nitrogen and oxygen atoms in total. The summed E-state index contributed by atoms with van der Waals surface area (Å²) in [5, 5.41) is 22.1. The molecular weight excluding hydrogens is 480 g/mol. The number of aromatic nitrogens is 7. The van der Waals surface area contributed by atoms with E-state index in [0.717, 1.165) is 76.4 Å². The number of H-pyrrole nitrogens is 2. The summed E-state index contributed by atoms with van der Waals surface area (Å²) < 4.78 is 0. The van der Waals surface area contributed by atoms with Crippen LogP contribution in [-0.4, -0.2) is 84.6 Å². The summed E-state index contributed by atoms with van der Waals surface area (Å²) in [7, 11) is 2.15. The summed E-state index contributed by atoms with van der Waals surface area (Å²) in [6, 6.07) is 3.92. The standard InChI is InChI=1S/C27H32N10O/c1-27(2,3)26(38)31-17-9-16(11-28-12-17)19-10-18-20(14-30-19)34-35-23(18)25-32-21-13-29-15-22(24(21)33-25)37-7-5-36(4)6-8-37/h9-15,26,31,38H,5-8H2,1-4H3,(H,32,33)(H,34,35). The van der Waals surface area contributed by atoms with Gasteiger partial charge in [0.15, 0.2) is 5.82 Å². The van der Waals surface area contributed by atoms with Gasteiger partial charge in [-0.2, -0.15) is 5.10 Å². The van der Waals surface area contributed by atoms with Gasteiger partial charge in [-0.1, -0.05) is 20.8 Å². The molecule has 0 bridgehead atoms. The third-order valence-electron chi connectivity index (χ3n) is 7.05. The molecule has 5 aromatic heterocycles. The van der Waals surface area contributed by atoms with Crippen molar-refractivity contribution in [1.29, 1.82) is 0 Å². The largest absolute Gasteiger partial charge is 0.373 e. The molecule has 6 rings (SSSR count). The van der Waals surface area contributed by atoms with E-state index in [9.17, 15) is 5.11 Å². The number of anilines is 2. The van der Waals surface area contributed by atoms with Crippen molar-refractivity contribution in [2.75, 3.05) is 43.4 Å². The predicted molar refractivity (Wildman–Crippen MR) is 149 cm³/mol. The summed E-state index contributed by atoms with van der Waals surface area (Å²) in [5.41, 5.74) is 6.32. The molecule has 0 aliphatic carbocycles. The highest BCUT2D eigenvalue weighted by Gasteiger charge is 2.23. The Kier molecular flexibility index (Phi) is 5.96. The smallest absolute Gasteiger partial charge is 0.159 e. The third kappa shape index (κ3) is 4.54. The highest BCUT2D eigenvalue weighted by Crippen LogP contribution is 2.32. The van der Waals surface area contributed by atoms with Crippen LogP contribution in [0.4, 0.5) is 11.4 Å². The molecule has 1 unspecified atom stereocenters. The van der Waals surface area contributed by atoms with Crippen molar-refractivity contribution < 1.29 is 5.11 Å². The molecule has 1 aliphatic rings. The first-order valence-corrected chi connectivity index (χ1v) is 12.8. The summed E-state index contributed by atoms with van der Waals surface area (Å²) in [4.78, 5) is 26.5. The van der Waals surface area contributed by atoms with E-state index >= 15 is 0 Å². The van der Waals surface area contributed by atoms with Crippen molar-refractivity contribution in [1.82, 2.24) is 40.0 Å². The van der Waals surface area contributed by atoms with E-state index in [1.165, 1.54) is 0 Å². The maximum atomic E-state index is 10.5. The number of piperazine rings is 1. The molecular formula is C27H32N10O. The van der Waals surface area contributed by atoms with Gasteiger partial charge in [0.1, 0.15) is 17.4 Å². The van der Waals surface area contributed by atoms with E-state index in [4.69, 9.17) is 4.98 Å². The quantitative estimate of drug-likeness (QED) is 0.261. The van der Waals surface area contributed by atoms with Crippen LogP contribution in [0, 0.1) is 5.41 Å². The van der Waals surface area contributed by atoms with Crippen molar-refractivity contribution in [3.05, 3.63) is 43.1 Å². The molecule has 6 heterocycles. The van der Waals surface area contributed by atoms with Crippen molar-refractivity contribution >= 4 is 33.3 Å². The highest BCUT2D eigenvalue weighted by molar-refractivity contribution is 5.96. The molecule has 196 valence electrons. The van der Waals surface area contributed by atoms with Crippen LogP contribution in [0.15, 0.2) is 43.1 Å². The first-order chi connectivity index (χ1) is 18.3. The van der Waals surface area contributed by atoms with Crippen LogP contribution in [-0.2, 0) is 0 Å². The second-order valence-electron chi connectivity index (χ2n) is 11.0. The molecule has 0 saturated carbocycles. The van der Waals surface area contributed by atoms with Gasteiger partial charge in [0.2, 0.25) is 0 Å². The maximum Gasteiger partial charge on any atom is 0.159 e. The number of aliphatic hydroxyl groups excluding tert-OH is 1. The van der Waals surface area contributed by atoms with Gasteiger partial charge in [0.25, 0.3) is 0 Å². The second-order valence-corrected chi connectivity index (χ2v) is 11.0. The molecule has 5 aromatic rings. The van der Waals surface area contributed by atoms with E-state index in [0.29, 0.717) is 5.82 Å². The third-order valence-corrected chi connectivity index (χ3v) is 7.05. The normalized spacial score (nSPS) is 15.9. The fourth-order valence-electron chi connectivity index (χ4n) is 4.60. The molecule has 1 aliphatic heterocycles. The van der Waals surface area contributed by atoms with Gasteiger partial charge in [-0.05, 0) is 19.2 Å². The zero-order chi connectivity index (χ0) is 26.4. The van der Waals surface area contributed by atoms with Crippen molar-refractivity contribution in [3.63, 3.8) is 0 Å². The van der Waals surface area contributed by atoms with Crippen LogP contribution in [0.5, 0.6) is 0 Å². The number of hydrogen-bond donors (Lipinski definition) is 4. The Balaban J connectivity index is 1.35. The number of aliphatic hydroxyl groups is 1. The first-order valence-electron chi connectivity index (χ1n) is 12.8. The van der Waals surface area contributed by atoms with Crippen molar-refractivity contribution in [3.8, 4) is 22.8 Å². The van der Waals surface area contributed by atoms with Crippen LogP contribution < -0.4 is 10.2 Å². The lowest BCUT2D eigenvalue weighted by molar-refractivity contribution is 0.0880. The molecule has 4 N–H and O–H groups in total. The summed E-state index contributed by atoms with van der Waals surface area (Å²) in [6.45, 7) is 9.81. The Labute approximate surface area is 220 Å². The number of pyridine rings is 3. The molecule has 0 amide bonds. The van der Waals surface area contributed by atoms with Gasteiger partial charge < -0.3 is 25.2 Å². The number of fused-ring (bicyclic) bond motifs is 2. The lowest BCUT2D eigenvalue weighted by Crippen LogP contribution is -2.44. The average molecular weight is 513 g/mol. The minimum absolute atomic E-state index is 0.314. The zero-order valence-corrected chi connectivity index (χ0v) is 22.0. The Bertz CT molecular complexity index is 1590. The zero-order valence-electron chi connectivity index (χ0n) is 22.0. The van der Waals surface area contributed by atoms with E-state index in [2.05, 4.69) is 52.3 Å². The number of nitrogens with zero attached hydrogens (tertiary/aromatic N) is 7. The number of imidazole rings is 1. The number of rotatable bonds is 5. The fraction of sp³-hybridized carbons (Fsp3) is 0.370. The molecule has 38 heavy (non-hydrogen) atoms. The number of likely N-dealkylation sites (N-methyl/N-ethyl adjacent to an activating group) is 1. The monoisotopic (exact) mass is 512 g/mol. The SMILES string of the molecule is CN1CCN(c2cncc3[nH]c(-c4n[nH]c5cnc(-c6cncc(NC(O)C(C)(C)C)c6)cc45)nc23)CC1. The Morgan fingerprint density at radius 2 is 1.76 bits per heavy atom. The second kappa shape index (κ2) is 9.34. The molecule has 0 radical (unpaired) electrons. The van der Waals surface area contributed by atoms with Gasteiger partial charge in [-0.3, -0.25) is 20.1 Å². The first kappa shape index (κ1) is 24.3. The van der Waals surface area contributed by atoms with Gasteiger partial charge in [0.05, 0.1) is 52.9 Å². The van der Waals surface area contributed by atoms with Crippen LogP contribution in [0.1, 0.15) is 20.8 Å². The summed E-state index contributed by atoms with van der Waals surface area (Å²) >= 11 is 0. The number of nitrogens with one attached hydrogen (secondary N) is 3. The molecule has 11 heteroatoms. The van der Waals surface area contributed by atoms with E-state index < -0.39 is 6.23 Å². The van der Waals surface area contributed by atoms with E-state index in [1.807, 2.05) is 45.3 Å². The molecule has 1 fully saturated rings.